The smallest absolute Gasteiger partial charge is 0.155 e. The maximum atomic E-state index is 11.1. The number of ketones is 1. The van der Waals surface area contributed by atoms with E-state index in [0.29, 0.717) is 0 Å². The van der Waals surface area contributed by atoms with Gasteiger partial charge in [0.25, 0.3) is 0 Å². The van der Waals surface area contributed by atoms with E-state index in [0.717, 1.165) is 12.8 Å². The Labute approximate surface area is 76.9 Å². The van der Waals surface area contributed by atoms with Gasteiger partial charge in [-0.25, -0.2) is 0 Å². The van der Waals surface area contributed by atoms with Crippen LogP contribution in [0.4, 0.5) is 0 Å². The van der Waals surface area contributed by atoms with Crippen LogP contribution in [0.2, 0.25) is 25.7 Å². The summed E-state index contributed by atoms with van der Waals surface area (Å²) in [5, 5.41) is 0. The molecule has 0 bridgehead atoms. The van der Waals surface area contributed by atoms with Crippen LogP contribution in [0.3, 0.4) is 0 Å². The zero-order chi connectivity index (χ0) is 9.61. The molecule has 0 aromatic heterocycles. The standard InChI is InChI=1S/C10H20OSi/c1-5-7-10(11)8-6-9-12(2,3)4/h5,7H,6,8-9H2,1-4H3. The fourth-order valence-electron chi connectivity index (χ4n) is 1.06. The van der Waals surface area contributed by atoms with Crippen molar-refractivity contribution in [2.24, 2.45) is 0 Å². The molecule has 0 aliphatic rings. The van der Waals surface area contributed by atoms with Gasteiger partial charge in [0, 0.05) is 14.5 Å². The summed E-state index contributed by atoms with van der Waals surface area (Å²) in [5.41, 5.74) is 0. The second kappa shape index (κ2) is 5.30. The van der Waals surface area contributed by atoms with Crippen LogP contribution in [0.25, 0.3) is 0 Å². The van der Waals surface area contributed by atoms with Crippen molar-refractivity contribution >= 4 is 13.9 Å². The van der Waals surface area contributed by atoms with Gasteiger partial charge in [-0.05, 0) is 19.4 Å². The largest absolute Gasteiger partial charge is 0.295 e. The minimum Gasteiger partial charge on any atom is -0.295 e. The quantitative estimate of drug-likeness (QED) is 0.473. The Kier molecular flexibility index (Phi) is 5.14. The lowest BCUT2D eigenvalue weighted by Gasteiger charge is -2.14. The molecule has 0 N–H and O–H groups in total. The van der Waals surface area contributed by atoms with E-state index >= 15 is 0 Å². The lowest BCUT2D eigenvalue weighted by atomic mass is 10.2. The van der Waals surface area contributed by atoms with Crippen LogP contribution in [-0.2, 0) is 4.79 Å². The van der Waals surface area contributed by atoms with Crippen molar-refractivity contribution in [2.45, 2.75) is 45.5 Å². The Morgan fingerprint density at radius 2 is 1.92 bits per heavy atom. The van der Waals surface area contributed by atoms with Crippen LogP contribution in [0.15, 0.2) is 12.2 Å². The Morgan fingerprint density at radius 3 is 2.33 bits per heavy atom. The summed E-state index contributed by atoms with van der Waals surface area (Å²) in [7, 11) is -0.923. The average Bonchev–Trinajstić information content (AvgIpc) is 1.84. The topological polar surface area (TPSA) is 17.1 Å². The van der Waals surface area contributed by atoms with Gasteiger partial charge in [0.15, 0.2) is 5.78 Å². The van der Waals surface area contributed by atoms with E-state index in [1.807, 2.05) is 13.0 Å². The zero-order valence-electron chi connectivity index (χ0n) is 8.68. The molecule has 0 saturated carbocycles. The van der Waals surface area contributed by atoms with E-state index in [-0.39, 0.29) is 5.78 Å². The first-order chi connectivity index (χ1) is 5.45. The van der Waals surface area contributed by atoms with E-state index in [4.69, 9.17) is 0 Å². The molecular formula is C10H20OSi. The number of hydrogen-bond acceptors (Lipinski definition) is 1. The Hall–Kier alpha value is -0.373. The van der Waals surface area contributed by atoms with E-state index in [9.17, 15) is 4.79 Å². The molecule has 0 saturated heterocycles. The maximum absolute atomic E-state index is 11.1. The van der Waals surface area contributed by atoms with Crippen molar-refractivity contribution in [3.05, 3.63) is 12.2 Å². The molecule has 0 amide bonds. The molecule has 0 atom stereocenters. The molecular weight excluding hydrogens is 164 g/mol. The van der Waals surface area contributed by atoms with Crippen molar-refractivity contribution in [1.29, 1.82) is 0 Å². The van der Waals surface area contributed by atoms with Gasteiger partial charge in [0.1, 0.15) is 0 Å². The molecule has 70 valence electrons. The van der Waals surface area contributed by atoms with Gasteiger partial charge >= 0.3 is 0 Å². The third kappa shape index (κ3) is 7.73. The molecule has 0 unspecified atom stereocenters. The summed E-state index contributed by atoms with van der Waals surface area (Å²) in [6, 6.07) is 1.26. The third-order valence-corrected chi connectivity index (χ3v) is 3.56. The summed E-state index contributed by atoms with van der Waals surface area (Å²) in [6.07, 6.45) is 5.29. The minimum atomic E-state index is -0.923. The molecule has 12 heavy (non-hydrogen) atoms. The normalized spacial score (nSPS) is 12.3. The van der Waals surface area contributed by atoms with Crippen LogP contribution in [0, 0.1) is 0 Å². The predicted molar refractivity (Wildman–Crippen MR) is 57.2 cm³/mol. The molecule has 0 heterocycles. The van der Waals surface area contributed by atoms with Gasteiger partial charge < -0.3 is 0 Å². The Bertz CT molecular complexity index is 165. The predicted octanol–water partition coefficient (Wildman–Crippen LogP) is 3.25. The molecule has 0 radical (unpaired) electrons. The number of carbonyl (C=O) groups excluding carboxylic acids is 1. The fraction of sp³-hybridized carbons (Fsp3) is 0.700. The van der Waals surface area contributed by atoms with Crippen LogP contribution >= 0.6 is 0 Å². The number of carbonyl (C=O) groups is 1. The lowest BCUT2D eigenvalue weighted by Crippen LogP contribution is -2.19. The highest BCUT2D eigenvalue weighted by atomic mass is 28.3. The van der Waals surface area contributed by atoms with Crippen molar-refractivity contribution in [2.75, 3.05) is 0 Å². The lowest BCUT2D eigenvalue weighted by molar-refractivity contribution is -0.114. The number of allylic oxidation sites excluding steroid dienone is 2. The second-order valence-corrected chi connectivity index (χ2v) is 10.0. The van der Waals surface area contributed by atoms with E-state index < -0.39 is 8.07 Å². The van der Waals surface area contributed by atoms with E-state index in [1.54, 1.807) is 6.08 Å². The first kappa shape index (κ1) is 11.6. The van der Waals surface area contributed by atoms with Gasteiger partial charge in [0.05, 0.1) is 0 Å². The highest BCUT2D eigenvalue weighted by Crippen LogP contribution is 2.12. The summed E-state index contributed by atoms with van der Waals surface area (Å²) < 4.78 is 0. The minimum absolute atomic E-state index is 0.274. The molecule has 0 fully saturated rings. The van der Waals surface area contributed by atoms with Crippen LogP contribution in [-0.4, -0.2) is 13.9 Å². The van der Waals surface area contributed by atoms with Gasteiger partial charge in [-0.2, -0.15) is 0 Å². The zero-order valence-corrected chi connectivity index (χ0v) is 9.68. The Balaban J connectivity index is 3.51. The first-order valence-corrected chi connectivity index (χ1v) is 8.32. The van der Waals surface area contributed by atoms with Gasteiger partial charge in [-0.3, -0.25) is 4.79 Å². The molecule has 0 spiro atoms. The third-order valence-electron chi connectivity index (χ3n) is 1.70. The van der Waals surface area contributed by atoms with Gasteiger partial charge in [-0.1, -0.05) is 31.8 Å². The monoisotopic (exact) mass is 184 g/mol. The maximum Gasteiger partial charge on any atom is 0.155 e. The van der Waals surface area contributed by atoms with Crippen molar-refractivity contribution in [3.8, 4) is 0 Å². The number of hydrogen-bond donors (Lipinski definition) is 0. The van der Waals surface area contributed by atoms with E-state index in [2.05, 4.69) is 19.6 Å². The van der Waals surface area contributed by atoms with Crippen LogP contribution in [0.5, 0.6) is 0 Å². The fourth-order valence-corrected chi connectivity index (χ4v) is 2.30. The molecule has 0 rings (SSSR count). The van der Waals surface area contributed by atoms with Crippen molar-refractivity contribution in [1.82, 2.24) is 0 Å². The number of rotatable bonds is 5. The summed E-state index contributed by atoms with van der Waals surface area (Å²) in [5.74, 6) is 0.274. The van der Waals surface area contributed by atoms with Gasteiger partial charge in [-0.15, -0.1) is 0 Å². The van der Waals surface area contributed by atoms with Crippen LogP contribution in [0.1, 0.15) is 19.8 Å². The molecule has 0 aliphatic heterocycles. The summed E-state index contributed by atoms with van der Waals surface area (Å²) in [4.78, 5) is 11.1. The van der Waals surface area contributed by atoms with Crippen molar-refractivity contribution in [3.63, 3.8) is 0 Å². The SMILES string of the molecule is CC=CC(=O)CCC[Si](C)(C)C. The average molecular weight is 184 g/mol. The van der Waals surface area contributed by atoms with Crippen molar-refractivity contribution < 1.29 is 4.79 Å². The summed E-state index contributed by atoms with van der Waals surface area (Å²) >= 11 is 0. The Morgan fingerprint density at radius 1 is 1.33 bits per heavy atom. The highest BCUT2D eigenvalue weighted by molar-refractivity contribution is 6.76. The molecule has 0 aromatic carbocycles. The highest BCUT2D eigenvalue weighted by Gasteiger charge is 2.12. The van der Waals surface area contributed by atoms with Crippen LogP contribution < -0.4 is 0 Å². The first-order valence-electron chi connectivity index (χ1n) is 4.61. The molecule has 1 nitrogen and oxygen atoms in total. The van der Waals surface area contributed by atoms with E-state index in [1.165, 1.54) is 6.04 Å². The van der Waals surface area contributed by atoms with Gasteiger partial charge in [0.2, 0.25) is 0 Å². The summed E-state index contributed by atoms with van der Waals surface area (Å²) in [6.45, 7) is 8.91. The second-order valence-electron chi connectivity index (χ2n) is 4.38. The molecule has 0 aliphatic carbocycles. The molecule has 0 aromatic rings. The molecule has 2 heteroatoms.